The van der Waals surface area contributed by atoms with Gasteiger partial charge in [-0.1, -0.05) is 56.3 Å². The van der Waals surface area contributed by atoms with Gasteiger partial charge < -0.3 is 15.0 Å². The zero-order valence-electron chi connectivity index (χ0n) is 18.4. The Hall–Kier alpha value is -2.82. The van der Waals surface area contributed by atoms with E-state index in [0.717, 1.165) is 23.3 Å². The number of hydrogen-bond donors (Lipinski definition) is 1. The molecule has 0 aliphatic heterocycles. The van der Waals surface area contributed by atoms with Gasteiger partial charge in [-0.3, -0.25) is 9.59 Å². The highest BCUT2D eigenvalue weighted by Crippen LogP contribution is 2.17. The van der Waals surface area contributed by atoms with Crippen molar-refractivity contribution in [3.05, 3.63) is 65.7 Å². The van der Waals surface area contributed by atoms with E-state index in [1.165, 1.54) is 0 Å². The summed E-state index contributed by atoms with van der Waals surface area (Å²) in [6.45, 7) is 7.52. The van der Waals surface area contributed by atoms with E-state index in [2.05, 4.69) is 5.32 Å². The third-order valence-electron chi connectivity index (χ3n) is 5.08. The highest BCUT2D eigenvalue weighted by Gasteiger charge is 2.28. The van der Waals surface area contributed by atoms with Gasteiger partial charge in [-0.2, -0.15) is 0 Å². The van der Waals surface area contributed by atoms with Crippen LogP contribution < -0.4 is 10.1 Å². The quantitative estimate of drug-likeness (QED) is 0.525. The number of hydrogen-bond acceptors (Lipinski definition) is 3. The molecule has 0 heterocycles. The predicted molar refractivity (Wildman–Crippen MR) is 120 cm³/mol. The van der Waals surface area contributed by atoms with E-state index >= 15 is 0 Å². The van der Waals surface area contributed by atoms with E-state index in [9.17, 15) is 9.59 Å². The smallest absolute Gasteiger partial charge is 0.242 e. The molecular formula is C25H34N2O3. The number of benzene rings is 2. The van der Waals surface area contributed by atoms with E-state index in [0.29, 0.717) is 39.0 Å². The molecule has 2 aromatic rings. The Labute approximate surface area is 180 Å². The molecule has 0 fully saturated rings. The van der Waals surface area contributed by atoms with Crippen LogP contribution >= 0.6 is 0 Å². The second-order valence-electron chi connectivity index (χ2n) is 7.43. The Balaban J connectivity index is 2.05. The molecule has 1 N–H and O–H groups in total. The molecule has 2 aromatic carbocycles. The van der Waals surface area contributed by atoms with Crippen LogP contribution in [0.25, 0.3) is 0 Å². The molecule has 0 aromatic heterocycles. The van der Waals surface area contributed by atoms with Crippen LogP contribution in [0.15, 0.2) is 54.6 Å². The molecule has 0 bridgehead atoms. The van der Waals surface area contributed by atoms with Crippen molar-refractivity contribution in [1.29, 1.82) is 0 Å². The number of carbonyl (C=O) groups excluding carboxylic acids is 2. The summed E-state index contributed by atoms with van der Waals surface area (Å²) in [5.41, 5.74) is 2.18. The zero-order valence-corrected chi connectivity index (χ0v) is 18.4. The van der Waals surface area contributed by atoms with Crippen molar-refractivity contribution in [2.24, 2.45) is 0 Å². The van der Waals surface area contributed by atoms with Gasteiger partial charge in [0.1, 0.15) is 11.8 Å². The van der Waals surface area contributed by atoms with E-state index in [-0.39, 0.29) is 11.8 Å². The van der Waals surface area contributed by atoms with Crippen LogP contribution in [0.2, 0.25) is 0 Å². The molecule has 2 rings (SSSR count). The lowest BCUT2D eigenvalue weighted by Gasteiger charge is -2.31. The van der Waals surface area contributed by atoms with Gasteiger partial charge in [0.2, 0.25) is 11.8 Å². The number of para-hydroxylation sites is 1. The molecule has 0 saturated carbocycles. The minimum atomic E-state index is -0.473. The maximum atomic E-state index is 13.1. The molecule has 0 unspecified atom stereocenters. The fraction of sp³-hybridized carbons (Fsp3) is 0.440. The van der Waals surface area contributed by atoms with Crippen molar-refractivity contribution >= 4 is 11.8 Å². The summed E-state index contributed by atoms with van der Waals surface area (Å²) in [7, 11) is 0. The average Bonchev–Trinajstić information content (AvgIpc) is 2.77. The summed E-state index contributed by atoms with van der Waals surface area (Å²) in [6, 6.07) is 17.1. The highest BCUT2D eigenvalue weighted by molar-refractivity contribution is 5.87. The van der Waals surface area contributed by atoms with Crippen LogP contribution in [0.4, 0.5) is 0 Å². The van der Waals surface area contributed by atoms with Gasteiger partial charge in [-0.05, 0) is 49.4 Å². The number of amides is 2. The third-order valence-corrected chi connectivity index (χ3v) is 5.08. The van der Waals surface area contributed by atoms with Crippen LogP contribution in [0.1, 0.15) is 50.7 Å². The molecular weight excluding hydrogens is 376 g/mol. The maximum absolute atomic E-state index is 13.1. The fourth-order valence-corrected chi connectivity index (χ4v) is 3.33. The number of nitrogens with one attached hydrogen (secondary N) is 1. The standard InChI is InChI=1S/C25H34N2O3/c1-4-17-26-25(29)23(5-2)27(19-21-13-10-9-12-20(21)3)24(28)16-11-18-30-22-14-7-6-8-15-22/h6-10,12-15,23H,4-5,11,16-19H2,1-3H3,(H,26,29)/t23-/m1/s1. The van der Waals surface area contributed by atoms with Gasteiger partial charge in [0.15, 0.2) is 0 Å². The first-order chi connectivity index (χ1) is 14.6. The number of ether oxygens (including phenoxy) is 1. The summed E-state index contributed by atoms with van der Waals surface area (Å²) >= 11 is 0. The van der Waals surface area contributed by atoms with E-state index in [1.807, 2.05) is 75.4 Å². The predicted octanol–water partition coefficient (Wildman–Crippen LogP) is 4.49. The lowest BCUT2D eigenvalue weighted by molar-refractivity contribution is -0.141. The van der Waals surface area contributed by atoms with Crippen molar-refractivity contribution in [2.45, 2.75) is 59.0 Å². The molecule has 0 spiro atoms. The minimum Gasteiger partial charge on any atom is -0.494 e. The van der Waals surface area contributed by atoms with Crippen molar-refractivity contribution in [2.75, 3.05) is 13.2 Å². The van der Waals surface area contributed by atoms with Gasteiger partial charge in [-0.25, -0.2) is 0 Å². The van der Waals surface area contributed by atoms with Crippen LogP contribution in [0, 0.1) is 6.92 Å². The van der Waals surface area contributed by atoms with Crippen molar-refractivity contribution in [1.82, 2.24) is 10.2 Å². The lowest BCUT2D eigenvalue weighted by Crippen LogP contribution is -2.49. The number of carbonyl (C=O) groups is 2. The van der Waals surface area contributed by atoms with Crippen LogP contribution in [0.3, 0.4) is 0 Å². The normalized spacial score (nSPS) is 11.6. The number of aryl methyl sites for hydroxylation is 1. The second-order valence-corrected chi connectivity index (χ2v) is 7.43. The van der Waals surface area contributed by atoms with Gasteiger partial charge in [0.05, 0.1) is 6.61 Å². The molecule has 5 heteroatoms. The maximum Gasteiger partial charge on any atom is 0.242 e. The lowest BCUT2D eigenvalue weighted by atomic mass is 10.1. The molecule has 1 atom stereocenters. The second kappa shape index (κ2) is 12.7. The molecule has 5 nitrogen and oxygen atoms in total. The molecule has 162 valence electrons. The summed E-state index contributed by atoms with van der Waals surface area (Å²) in [6.07, 6.45) is 2.39. The Morgan fingerprint density at radius 2 is 1.73 bits per heavy atom. The Bertz CT molecular complexity index is 792. The number of nitrogens with zero attached hydrogens (tertiary/aromatic N) is 1. The SMILES string of the molecule is CCCNC(=O)[C@@H](CC)N(Cc1ccccc1C)C(=O)CCCOc1ccccc1. The first-order valence-electron chi connectivity index (χ1n) is 10.9. The highest BCUT2D eigenvalue weighted by atomic mass is 16.5. The van der Waals surface area contributed by atoms with Gasteiger partial charge in [0, 0.05) is 19.5 Å². The first kappa shape index (κ1) is 23.5. The van der Waals surface area contributed by atoms with Crippen molar-refractivity contribution in [3.8, 4) is 5.75 Å². The molecule has 2 amide bonds. The largest absolute Gasteiger partial charge is 0.494 e. The minimum absolute atomic E-state index is 0.0200. The summed E-state index contributed by atoms with van der Waals surface area (Å²) in [5, 5.41) is 2.95. The number of rotatable bonds is 12. The zero-order chi connectivity index (χ0) is 21.8. The van der Waals surface area contributed by atoms with Crippen molar-refractivity contribution < 1.29 is 14.3 Å². The Morgan fingerprint density at radius 3 is 2.40 bits per heavy atom. The van der Waals surface area contributed by atoms with E-state index < -0.39 is 6.04 Å². The Morgan fingerprint density at radius 1 is 1.03 bits per heavy atom. The molecule has 0 radical (unpaired) electrons. The van der Waals surface area contributed by atoms with Crippen LogP contribution in [0.5, 0.6) is 5.75 Å². The summed E-state index contributed by atoms with van der Waals surface area (Å²) < 4.78 is 5.71. The van der Waals surface area contributed by atoms with E-state index in [4.69, 9.17) is 4.74 Å². The topological polar surface area (TPSA) is 58.6 Å². The molecule has 0 aliphatic carbocycles. The fourth-order valence-electron chi connectivity index (χ4n) is 3.33. The van der Waals surface area contributed by atoms with Gasteiger partial charge in [0.25, 0.3) is 0 Å². The molecule has 0 aliphatic rings. The van der Waals surface area contributed by atoms with Gasteiger partial charge in [-0.15, -0.1) is 0 Å². The molecule has 30 heavy (non-hydrogen) atoms. The summed E-state index contributed by atoms with van der Waals surface area (Å²) in [5.74, 6) is 0.697. The van der Waals surface area contributed by atoms with Crippen LogP contribution in [-0.4, -0.2) is 35.9 Å². The third kappa shape index (κ3) is 7.21. The van der Waals surface area contributed by atoms with Gasteiger partial charge >= 0.3 is 0 Å². The average molecular weight is 411 g/mol. The van der Waals surface area contributed by atoms with E-state index in [1.54, 1.807) is 4.90 Å². The first-order valence-corrected chi connectivity index (χ1v) is 10.9. The van der Waals surface area contributed by atoms with Crippen molar-refractivity contribution in [3.63, 3.8) is 0 Å². The monoisotopic (exact) mass is 410 g/mol. The summed E-state index contributed by atoms with van der Waals surface area (Å²) in [4.78, 5) is 27.6. The molecule has 0 saturated heterocycles. The Kier molecular flexibility index (Phi) is 9.92. The van der Waals surface area contributed by atoms with Crippen LogP contribution in [-0.2, 0) is 16.1 Å².